The molecule has 1 spiro atoms. The van der Waals surface area contributed by atoms with Crippen LogP contribution in [0.3, 0.4) is 0 Å². The Morgan fingerprint density at radius 3 is 2.69 bits per heavy atom. The van der Waals surface area contributed by atoms with Gasteiger partial charge in [0.05, 0.1) is 11.0 Å². The number of para-hydroxylation sites is 2. The van der Waals surface area contributed by atoms with Gasteiger partial charge in [-0.3, -0.25) is 19.8 Å². The van der Waals surface area contributed by atoms with Crippen LogP contribution in [0, 0.1) is 0 Å². The monoisotopic (exact) mass is 355 g/mol. The fourth-order valence-electron chi connectivity index (χ4n) is 4.00. The Morgan fingerprint density at radius 2 is 1.96 bits per heavy atom. The lowest BCUT2D eigenvalue weighted by Crippen LogP contribution is -2.49. The van der Waals surface area contributed by atoms with E-state index >= 15 is 0 Å². The van der Waals surface area contributed by atoms with Gasteiger partial charge < -0.3 is 9.88 Å². The summed E-state index contributed by atoms with van der Waals surface area (Å²) in [5.41, 5.74) is 0.767. The molecular weight excluding hydrogens is 334 g/mol. The van der Waals surface area contributed by atoms with E-state index in [2.05, 4.69) is 15.3 Å². The zero-order valence-corrected chi connectivity index (χ0v) is 14.6. The second-order valence-corrected chi connectivity index (χ2v) is 6.98. The van der Waals surface area contributed by atoms with Crippen molar-refractivity contribution >= 4 is 34.8 Å². The Hall–Kier alpha value is -2.90. The summed E-state index contributed by atoms with van der Waals surface area (Å²) >= 11 is 0. The average Bonchev–Trinajstić information content (AvgIpc) is 3.12. The number of fused-ring (bicyclic) bond motifs is 1. The molecule has 0 unspecified atom stereocenters. The molecule has 1 aromatic heterocycles. The largest absolute Gasteiger partial charge is 0.327 e. The van der Waals surface area contributed by atoms with Gasteiger partial charge in [-0.05, 0) is 25.0 Å². The lowest BCUT2D eigenvalue weighted by Gasteiger charge is -2.35. The van der Waals surface area contributed by atoms with Gasteiger partial charge in [0.2, 0.25) is 11.9 Å². The van der Waals surface area contributed by atoms with Crippen molar-refractivity contribution in [3.8, 4) is 0 Å². The number of H-pyrrole nitrogens is 1. The minimum absolute atomic E-state index is 0.260. The minimum Gasteiger partial charge on any atom is -0.324 e. The highest BCUT2D eigenvalue weighted by molar-refractivity contribution is 6.10. The summed E-state index contributed by atoms with van der Waals surface area (Å²) in [6.07, 6.45) is 4.24. The number of urea groups is 1. The molecule has 2 aromatic rings. The summed E-state index contributed by atoms with van der Waals surface area (Å²) in [7, 11) is 1.66. The van der Waals surface area contributed by atoms with Gasteiger partial charge in [0.1, 0.15) is 12.1 Å². The summed E-state index contributed by atoms with van der Waals surface area (Å²) in [6.45, 7) is -0.305. The number of imide groups is 1. The van der Waals surface area contributed by atoms with Crippen LogP contribution >= 0.6 is 0 Å². The van der Waals surface area contributed by atoms with E-state index in [4.69, 9.17) is 0 Å². The van der Waals surface area contributed by atoms with Crippen LogP contribution in [-0.4, -0.2) is 56.7 Å². The maximum atomic E-state index is 12.9. The van der Waals surface area contributed by atoms with Crippen LogP contribution in [0.15, 0.2) is 24.3 Å². The van der Waals surface area contributed by atoms with Crippen molar-refractivity contribution in [2.75, 3.05) is 18.9 Å². The van der Waals surface area contributed by atoms with E-state index in [9.17, 15) is 14.4 Å². The number of carbonyl (C=O) groups excluding carboxylic acids is 3. The third-order valence-electron chi connectivity index (χ3n) is 5.43. The Bertz CT molecular complexity index is 851. The maximum Gasteiger partial charge on any atom is 0.327 e. The van der Waals surface area contributed by atoms with Crippen molar-refractivity contribution < 1.29 is 14.4 Å². The molecule has 4 amide bonds. The number of nitrogens with zero attached hydrogens (tertiary/aromatic N) is 3. The molecule has 1 saturated carbocycles. The van der Waals surface area contributed by atoms with Crippen molar-refractivity contribution in [1.82, 2.24) is 19.8 Å². The molecular formula is C18H21N5O3. The highest BCUT2D eigenvalue weighted by atomic mass is 16.2. The first-order valence-electron chi connectivity index (χ1n) is 8.86. The standard InChI is InChI=1S/C18H21N5O3/c1-22-17(26)23(15(25)18(22)9-5-2-6-10-18)11-14(24)21-16-19-12-7-3-4-8-13(12)20-16/h3-4,7-8H,2,5-6,9-11H2,1H3,(H2,19,20,21,24). The molecule has 0 bridgehead atoms. The SMILES string of the molecule is CN1C(=O)N(CC(=O)Nc2nc3ccccc3[nH]2)C(=O)C12CCCCC2. The first-order chi connectivity index (χ1) is 12.5. The summed E-state index contributed by atoms with van der Waals surface area (Å²) in [5, 5.41) is 2.64. The number of imidazole rings is 1. The normalized spacial score (nSPS) is 19.6. The fourth-order valence-corrected chi connectivity index (χ4v) is 4.00. The first kappa shape index (κ1) is 16.6. The van der Waals surface area contributed by atoms with Crippen LogP contribution in [0.2, 0.25) is 0 Å². The van der Waals surface area contributed by atoms with Gasteiger partial charge in [-0.25, -0.2) is 9.78 Å². The Labute approximate surface area is 150 Å². The van der Waals surface area contributed by atoms with Crippen molar-refractivity contribution in [2.24, 2.45) is 0 Å². The van der Waals surface area contributed by atoms with E-state index in [1.54, 1.807) is 7.05 Å². The number of aromatic nitrogens is 2. The number of carbonyl (C=O) groups is 3. The predicted molar refractivity (Wildman–Crippen MR) is 95.4 cm³/mol. The summed E-state index contributed by atoms with van der Waals surface area (Å²) in [6, 6.07) is 7.00. The summed E-state index contributed by atoms with van der Waals surface area (Å²) < 4.78 is 0. The fraction of sp³-hybridized carbons (Fsp3) is 0.444. The zero-order chi connectivity index (χ0) is 18.3. The van der Waals surface area contributed by atoms with Gasteiger partial charge in [-0.2, -0.15) is 0 Å². The number of rotatable bonds is 3. The molecule has 26 heavy (non-hydrogen) atoms. The zero-order valence-electron chi connectivity index (χ0n) is 14.6. The van der Waals surface area contributed by atoms with Crippen LogP contribution in [0.25, 0.3) is 11.0 Å². The quantitative estimate of drug-likeness (QED) is 0.824. The second-order valence-electron chi connectivity index (χ2n) is 6.98. The van der Waals surface area contributed by atoms with Crippen molar-refractivity contribution in [2.45, 2.75) is 37.6 Å². The first-order valence-corrected chi connectivity index (χ1v) is 8.86. The lowest BCUT2D eigenvalue weighted by molar-refractivity contribution is -0.136. The molecule has 0 atom stereocenters. The highest BCUT2D eigenvalue weighted by Crippen LogP contribution is 2.39. The third-order valence-corrected chi connectivity index (χ3v) is 5.43. The molecule has 4 rings (SSSR count). The van der Waals surface area contributed by atoms with Gasteiger partial charge in [-0.15, -0.1) is 0 Å². The molecule has 2 fully saturated rings. The minimum atomic E-state index is -0.769. The second kappa shape index (κ2) is 6.12. The number of benzene rings is 1. The Balaban J connectivity index is 1.48. The van der Waals surface area contributed by atoms with Crippen molar-refractivity contribution in [3.05, 3.63) is 24.3 Å². The molecule has 136 valence electrons. The Morgan fingerprint density at radius 1 is 1.23 bits per heavy atom. The van der Waals surface area contributed by atoms with Crippen molar-refractivity contribution in [1.29, 1.82) is 0 Å². The topological polar surface area (TPSA) is 98.4 Å². The molecule has 1 aromatic carbocycles. The molecule has 8 heteroatoms. The smallest absolute Gasteiger partial charge is 0.324 e. The predicted octanol–water partition coefficient (Wildman–Crippen LogP) is 2.10. The van der Waals surface area contributed by atoms with Crippen LogP contribution in [-0.2, 0) is 9.59 Å². The number of amides is 4. The van der Waals surface area contributed by atoms with Gasteiger partial charge >= 0.3 is 6.03 Å². The summed E-state index contributed by atoms with van der Waals surface area (Å²) in [5.74, 6) is -0.410. The number of hydrogen-bond acceptors (Lipinski definition) is 4. The lowest BCUT2D eigenvalue weighted by atomic mass is 9.81. The van der Waals surface area contributed by atoms with Gasteiger partial charge in [0, 0.05) is 7.05 Å². The average molecular weight is 355 g/mol. The van der Waals surface area contributed by atoms with Gasteiger partial charge in [-0.1, -0.05) is 31.4 Å². The van der Waals surface area contributed by atoms with Gasteiger partial charge in [0.25, 0.3) is 5.91 Å². The molecule has 1 saturated heterocycles. The maximum absolute atomic E-state index is 12.9. The molecule has 2 N–H and O–H groups in total. The highest BCUT2D eigenvalue weighted by Gasteiger charge is 2.55. The van der Waals surface area contributed by atoms with Crippen LogP contribution < -0.4 is 5.32 Å². The van der Waals surface area contributed by atoms with E-state index in [1.807, 2.05) is 24.3 Å². The van der Waals surface area contributed by atoms with Gasteiger partial charge in [0.15, 0.2) is 0 Å². The number of nitrogens with one attached hydrogen (secondary N) is 2. The third kappa shape index (κ3) is 2.53. The molecule has 2 heterocycles. The number of hydrogen-bond donors (Lipinski definition) is 2. The van der Waals surface area contributed by atoms with E-state index in [0.29, 0.717) is 18.8 Å². The molecule has 2 aliphatic rings. The molecule has 0 radical (unpaired) electrons. The van der Waals surface area contributed by atoms with Crippen LogP contribution in [0.4, 0.5) is 10.7 Å². The van der Waals surface area contributed by atoms with E-state index in [0.717, 1.165) is 35.2 Å². The number of aromatic amines is 1. The van der Waals surface area contributed by atoms with E-state index in [1.165, 1.54) is 4.90 Å². The molecule has 8 nitrogen and oxygen atoms in total. The van der Waals surface area contributed by atoms with Crippen LogP contribution in [0.5, 0.6) is 0 Å². The number of anilines is 1. The Kier molecular flexibility index (Phi) is 3.90. The number of likely N-dealkylation sites (N-methyl/N-ethyl adjacent to an activating group) is 1. The molecule has 1 aliphatic heterocycles. The van der Waals surface area contributed by atoms with E-state index < -0.39 is 17.5 Å². The van der Waals surface area contributed by atoms with Crippen molar-refractivity contribution in [3.63, 3.8) is 0 Å². The summed E-state index contributed by atoms with van der Waals surface area (Å²) in [4.78, 5) is 47.7. The molecule has 1 aliphatic carbocycles. The van der Waals surface area contributed by atoms with E-state index in [-0.39, 0.29) is 12.5 Å². The van der Waals surface area contributed by atoms with Crippen LogP contribution in [0.1, 0.15) is 32.1 Å².